The third kappa shape index (κ3) is 4.18. The van der Waals surface area contributed by atoms with E-state index in [9.17, 15) is 4.79 Å². The van der Waals surface area contributed by atoms with E-state index in [-0.39, 0.29) is 17.9 Å². The van der Waals surface area contributed by atoms with Crippen LogP contribution >= 0.6 is 11.3 Å². The lowest BCUT2D eigenvalue weighted by Gasteiger charge is -2.26. The number of nitrogens with one attached hydrogen (secondary N) is 2. The van der Waals surface area contributed by atoms with E-state index in [4.69, 9.17) is 0 Å². The molecule has 2 N–H and O–H groups in total. The fourth-order valence-electron chi connectivity index (χ4n) is 3.92. The first-order chi connectivity index (χ1) is 14.7. The molecule has 4 rings (SSSR count). The van der Waals surface area contributed by atoms with Gasteiger partial charge in [-0.05, 0) is 49.1 Å². The van der Waals surface area contributed by atoms with Gasteiger partial charge in [-0.3, -0.25) is 4.79 Å². The van der Waals surface area contributed by atoms with Crippen LogP contribution in [0, 0.1) is 0 Å². The largest absolute Gasteiger partial charge is 0.361 e. The zero-order chi connectivity index (χ0) is 20.9. The summed E-state index contributed by atoms with van der Waals surface area (Å²) in [5.74, 6) is 0.274. The van der Waals surface area contributed by atoms with Gasteiger partial charge in [0.2, 0.25) is 5.91 Å². The lowest BCUT2D eigenvalue weighted by Crippen LogP contribution is -2.46. The molecule has 2 aromatic heterocycles. The standard InChI is InChI=1S/C25H27N3OS/c1-3-28(19-10-5-4-6-11-19)25(29)18(2)26-17-22(24-14-9-15-30-24)21-16-27-23-13-8-7-12-20(21)23/h4-16,18,22,26-27H,3,17H2,1-2H3/t18-,22-/m1/s1. The van der Waals surface area contributed by atoms with Gasteiger partial charge in [-0.1, -0.05) is 42.5 Å². The van der Waals surface area contributed by atoms with Crippen LogP contribution in [-0.4, -0.2) is 30.0 Å². The number of carbonyl (C=O) groups is 1. The Bertz CT molecular complexity index is 1090. The number of hydrogen-bond acceptors (Lipinski definition) is 3. The molecular weight excluding hydrogens is 390 g/mol. The normalized spacial score (nSPS) is 13.3. The summed E-state index contributed by atoms with van der Waals surface area (Å²) in [5.41, 5.74) is 3.33. The van der Waals surface area contributed by atoms with Crippen molar-refractivity contribution in [3.05, 3.63) is 88.7 Å². The number of aromatic nitrogens is 1. The molecule has 30 heavy (non-hydrogen) atoms. The smallest absolute Gasteiger partial charge is 0.243 e. The van der Waals surface area contributed by atoms with Gasteiger partial charge in [-0.25, -0.2) is 0 Å². The molecular formula is C25H27N3OS. The highest BCUT2D eigenvalue weighted by Gasteiger charge is 2.24. The predicted octanol–water partition coefficient (Wildman–Crippen LogP) is 5.39. The third-order valence-electron chi connectivity index (χ3n) is 5.53. The first kappa shape index (κ1) is 20.4. The van der Waals surface area contributed by atoms with E-state index < -0.39 is 0 Å². The number of anilines is 1. The van der Waals surface area contributed by atoms with E-state index in [0.717, 1.165) is 11.2 Å². The summed E-state index contributed by atoms with van der Waals surface area (Å²) in [6, 6.07) is 22.2. The average Bonchev–Trinajstić information content (AvgIpc) is 3.46. The van der Waals surface area contributed by atoms with Crippen LogP contribution in [-0.2, 0) is 4.79 Å². The quantitative estimate of drug-likeness (QED) is 0.404. The van der Waals surface area contributed by atoms with Crippen molar-refractivity contribution in [3.8, 4) is 0 Å². The first-order valence-electron chi connectivity index (χ1n) is 10.4. The number of amides is 1. The number of carbonyl (C=O) groups excluding carboxylic acids is 1. The zero-order valence-electron chi connectivity index (χ0n) is 17.3. The molecule has 2 atom stereocenters. The first-order valence-corrected chi connectivity index (χ1v) is 11.3. The summed E-state index contributed by atoms with van der Waals surface area (Å²) in [7, 11) is 0. The highest BCUT2D eigenvalue weighted by molar-refractivity contribution is 7.10. The third-order valence-corrected chi connectivity index (χ3v) is 6.52. The van der Waals surface area contributed by atoms with Crippen molar-refractivity contribution in [2.75, 3.05) is 18.0 Å². The Hall–Kier alpha value is -2.89. The fraction of sp³-hybridized carbons (Fsp3) is 0.240. The molecule has 0 fully saturated rings. The fourth-order valence-corrected chi connectivity index (χ4v) is 4.77. The Morgan fingerprint density at radius 2 is 1.83 bits per heavy atom. The minimum absolute atomic E-state index is 0.0903. The van der Waals surface area contributed by atoms with Crippen molar-refractivity contribution in [1.82, 2.24) is 10.3 Å². The Kier molecular flexibility index (Phi) is 6.31. The number of nitrogens with zero attached hydrogens (tertiary/aromatic N) is 1. The van der Waals surface area contributed by atoms with E-state index in [0.29, 0.717) is 13.1 Å². The van der Waals surface area contributed by atoms with Gasteiger partial charge < -0.3 is 15.2 Å². The second-order valence-electron chi connectivity index (χ2n) is 7.41. The average molecular weight is 418 g/mol. The summed E-state index contributed by atoms with van der Waals surface area (Å²) in [4.78, 5) is 19.7. The highest BCUT2D eigenvalue weighted by Crippen LogP contribution is 2.33. The number of benzene rings is 2. The van der Waals surface area contributed by atoms with Crippen molar-refractivity contribution in [2.45, 2.75) is 25.8 Å². The lowest BCUT2D eigenvalue weighted by atomic mass is 9.96. The van der Waals surface area contributed by atoms with Gasteiger partial charge in [0.25, 0.3) is 0 Å². The van der Waals surface area contributed by atoms with Crippen LogP contribution in [0.2, 0.25) is 0 Å². The van der Waals surface area contributed by atoms with Crippen LogP contribution in [0.15, 0.2) is 78.3 Å². The lowest BCUT2D eigenvalue weighted by molar-refractivity contribution is -0.120. The van der Waals surface area contributed by atoms with Crippen LogP contribution in [0.5, 0.6) is 0 Å². The Morgan fingerprint density at radius 3 is 2.57 bits per heavy atom. The van der Waals surface area contributed by atoms with Crippen LogP contribution in [0.3, 0.4) is 0 Å². The molecule has 0 saturated heterocycles. The second-order valence-corrected chi connectivity index (χ2v) is 8.38. The topological polar surface area (TPSA) is 48.1 Å². The molecule has 0 saturated carbocycles. The molecule has 0 radical (unpaired) electrons. The van der Waals surface area contributed by atoms with E-state index in [2.05, 4.69) is 52.2 Å². The molecule has 1 amide bonds. The van der Waals surface area contributed by atoms with Crippen molar-refractivity contribution in [1.29, 1.82) is 0 Å². The predicted molar refractivity (Wildman–Crippen MR) is 126 cm³/mol. The maximum Gasteiger partial charge on any atom is 0.243 e. The zero-order valence-corrected chi connectivity index (χ0v) is 18.2. The monoisotopic (exact) mass is 417 g/mol. The number of H-pyrrole nitrogens is 1. The highest BCUT2D eigenvalue weighted by atomic mass is 32.1. The molecule has 154 valence electrons. The summed E-state index contributed by atoms with van der Waals surface area (Å²) in [6.07, 6.45) is 2.10. The number of rotatable bonds is 8. The van der Waals surface area contributed by atoms with Gasteiger partial charge in [-0.15, -0.1) is 11.3 Å². The maximum absolute atomic E-state index is 13.1. The summed E-state index contributed by atoms with van der Waals surface area (Å²) in [6.45, 7) is 5.31. The van der Waals surface area contributed by atoms with Gasteiger partial charge in [0.15, 0.2) is 0 Å². The van der Waals surface area contributed by atoms with Crippen LogP contribution in [0.1, 0.15) is 30.2 Å². The van der Waals surface area contributed by atoms with Gasteiger partial charge in [0.05, 0.1) is 6.04 Å². The molecule has 0 aliphatic carbocycles. The number of hydrogen-bond donors (Lipinski definition) is 2. The van der Waals surface area contributed by atoms with E-state index >= 15 is 0 Å². The van der Waals surface area contributed by atoms with E-state index in [1.54, 1.807) is 11.3 Å². The molecule has 4 aromatic rings. The molecule has 0 bridgehead atoms. The molecule has 0 spiro atoms. The molecule has 5 heteroatoms. The summed E-state index contributed by atoms with van der Waals surface area (Å²) < 4.78 is 0. The van der Waals surface area contributed by atoms with Gasteiger partial charge in [0.1, 0.15) is 0 Å². The molecule has 0 unspecified atom stereocenters. The summed E-state index contributed by atoms with van der Waals surface area (Å²) >= 11 is 1.76. The van der Waals surface area contributed by atoms with Crippen molar-refractivity contribution in [2.24, 2.45) is 0 Å². The Morgan fingerprint density at radius 1 is 1.07 bits per heavy atom. The van der Waals surface area contributed by atoms with Crippen LogP contribution in [0.4, 0.5) is 5.69 Å². The maximum atomic E-state index is 13.1. The SMILES string of the molecule is CCN(C(=O)[C@@H](C)NC[C@@H](c1cccs1)c1c[nH]c2ccccc12)c1ccccc1. The Balaban J connectivity index is 1.53. The van der Waals surface area contributed by atoms with Crippen molar-refractivity contribution in [3.63, 3.8) is 0 Å². The van der Waals surface area contributed by atoms with Crippen LogP contribution in [0.25, 0.3) is 10.9 Å². The van der Waals surface area contributed by atoms with Gasteiger partial charge >= 0.3 is 0 Å². The van der Waals surface area contributed by atoms with Gasteiger partial charge in [0, 0.05) is 46.7 Å². The number of thiophene rings is 1. The number of aromatic amines is 1. The van der Waals surface area contributed by atoms with Crippen molar-refractivity contribution >= 4 is 33.8 Å². The number of fused-ring (bicyclic) bond motifs is 1. The number of para-hydroxylation sites is 2. The number of likely N-dealkylation sites (N-methyl/N-ethyl adjacent to an activating group) is 1. The van der Waals surface area contributed by atoms with E-state index in [1.807, 2.05) is 55.1 Å². The molecule has 0 aliphatic rings. The molecule has 4 nitrogen and oxygen atoms in total. The Labute approximate surface area is 181 Å². The second kappa shape index (κ2) is 9.28. The van der Waals surface area contributed by atoms with Gasteiger partial charge in [-0.2, -0.15) is 0 Å². The molecule has 2 aromatic carbocycles. The van der Waals surface area contributed by atoms with E-state index in [1.165, 1.54) is 15.8 Å². The van der Waals surface area contributed by atoms with Crippen LogP contribution < -0.4 is 10.2 Å². The summed E-state index contributed by atoms with van der Waals surface area (Å²) in [5, 5.41) is 6.85. The molecule has 2 heterocycles. The van der Waals surface area contributed by atoms with Crippen molar-refractivity contribution < 1.29 is 4.79 Å². The minimum Gasteiger partial charge on any atom is -0.361 e. The molecule has 0 aliphatic heterocycles. The minimum atomic E-state index is -0.280.